The quantitative estimate of drug-likeness (QED) is 0.415. The van der Waals surface area contributed by atoms with Gasteiger partial charge in [-0.1, -0.05) is 66.7 Å². The molecule has 0 spiro atoms. The van der Waals surface area contributed by atoms with Crippen molar-refractivity contribution in [1.29, 1.82) is 0 Å². The largest absolute Gasteiger partial charge is 0.507 e. The molecular weight excluding hydrogens is 358 g/mol. The minimum Gasteiger partial charge on any atom is -0.507 e. The Bertz CT molecular complexity index is 1330. The van der Waals surface area contributed by atoms with Crippen molar-refractivity contribution in [2.45, 2.75) is 6.10 Å². The van der Waals surface area contributed by atoms with Gasteiger partial charge in [-0.2, -0.15) is 0 Å². The molecule has 0 saturated carbocycles. The molecule has 0 radical (unpaired) electrons. The molecule has 5 aromatic rings. The van der Waals surface area contributed by atoms with Gasteiger partial charge >= 0.3 is 0 Å². The standard InChI is InChI=1S/C26H19NO2/c28-23-12-10-18-6-2-4-8-21(18)25(23)24-20-7-3-1-5-17(20)9-11-22(24)26(29)19-13-15-27-16-14-19/h1-16,26,28-29H/t26-/m0/s1. The van der Waals surface area contributed by atoms with Crippen LogP contribution >= 0.6 is 0 Å². The topological polar surface area (TPSA) is 53.4 Å². The van der Waals surface area contributed by atoms with E-state index in [1.165, 1.54) is 0 Å². The Balaban J connectivity index is 1.89. The zero-order valence-electron chi connectivity index (χ0n) is 15.7. The molecular formula is C26H19NO2. The SMILES string of the molecule is Oc1ccc2ccccc2c1-c1c([C@@H](O)c2ccncc2)ccc2ccccc12. The van der Waals surface area contributed by atoms with E-state index in [1.54, 1.807) is 18.5 Å². The van der Waals surface area contributed by atoms with Gasteiger partial charge in [-0.3, -0.25) is 4.98 Å². The fraction of sp³-hybridized carbons (Fsp3) is 0.0385. The number of rotatable bonds is 3. The molecule has 2 N–H and O–H groups in total. The van der Waals surface area contributed by atoms with Crippen LogP contribution in [0.3, 0.4) is 0 Å². The second-order valence-corrected chi connectivity index (χ2v) is 7.11. The molecule has 3 nitrogen and oxygen atoms in total. The van der Waals surface area contributed by atoms with E-state index in [9.17, 15) is 10.2 Å². The zero-order valence-corrected chi connectivity index (χ0v) is 15.7. The maximum atomic E-state index is 11.2. The third-order valence-corrected chi connectivity index (χ3v) is 5.43. The van der Waals surface area contributed by atoms with Gasteiger partial charge in [-0.15, -0.1) is 0 Å². The molecule has 29 heavy (non-hydrogen) atoms. The van der Waals surface area contributed by atoms with Gasteiger partial charge in [0.25, 0.3) is 0 Å². The Morgan fingerprint density at radius 2 is 1.21 bits per heavy atom. The fourth-order valence-corrected chi connectivity index (χ4v) is 4.04. The van der Waals surface area contributed by atoms with E-state index in [4.69, 9.17) is 0 Å². The third-order valence-electron chi connectivity index (χ3n) is 5.43. The van der Waals surface area contributed by atoms with Gasteiger partial charge in [0.05, 0.1) is 0 Å². The number of hydrogen-bond acceptors (Lipinski definition) is 3. The van der Waals surface area contributed by atoms with Gasteiger partial charge in [-0.25, -0.2) is 0 Å². The summed E-state index contributed by atoms with van der Waals surface area (Å²) in [5.74, 6) is 0.197. The highest BCUT2D eigenvalue weighted by molar-refractivity contribution is 6.08. The molecule has 3 heteroatoms. The van der Waals surface area contributed by atoms with E-state index >= 15 is 0 Å². The van der Waals surface area contributed by atoms with E-state index < -0.39 is 6.10 Å². The number of aromatic nitrogens is 1. The maximum Gasteiger partial charge on any atom is 0.124 e. The van der Waals surface area contributed by atoms with Crippen molar-refractivity contribution in [3.8, 4) is 16.9 Å². The van der Waals surface area contributed by atoms with Crippen LogP contribution in [0.1, 0.15) is 17.2 Å². The average molecular weight is 377 g/mol. The van der Waals surface area contributed by atoms with Crippen molar-refractivity contribution in [2.24, 2.45) is 0 Å². The maximum absolute atomic E-state index is 11.2. The summed E-state index contributed by atoms with van der Waals surface area (Å²) in [6, 6.07) is 27.3. The van der Waals surface area contributed by atoms with Gasteiger partial charge in [-0.05, 0) is 56.4 Å². The molecule has 0 amide bonds. The van der Waals surface area contributed by atoms with Gasteiger partial charge in [0.15, 0.2) is 0 Å². The highest BCUT2D eigenvalue weighted by Gasteiger charge is 2.21. The van der Waals surface area contributed by atoms with Gasteiger partial charge in [0, 0.05) is 18.0 Å². The molecule has 0 unspecified atom stereocenters. The molecule has 0 aliphatic heterocycles. The molecule has 5 rings (SSSR count). The smallest absolute Gasteiger partial charge is 0.124 e. The Hall–Kier alpha value is -3.69. The molecule has 1 aromatic heterocycles. The van der Waals surface area contributed by atoms with Crippen LogP contribution < -0.4 is 0 Å². The Labute approximate surface area is 168 Å². The monoisotopic (exact) mass is 377 g/mol. The number of phenols is 1. The lowest BCUT2D eigenvalue weighted by Crippen LogP contribution is -2.03. The van der Waals surface area contributed by atoms with Crippen LogP contribution in [0.15, 0.2) is 97.3 Å². The van der Waals surface area contributed by atoms with Crippen molar-refractivity contribution in [3.05, 3.63) is 108 Å². The average Bonchev–Trinajstić information content (AvgIpc) is 2.79. The number of fused-ring (bicyclic) bond motifs is 2. The predicted octanol–water partition coefficient (Wildman–Crippen LogP) is 5.84. The summed E-state index contributed by atoms with van der Waals surface area (Å²) in [5, 5.41) is 26.2. The molecule has 0 bridgehead atoms. The first kappa shape index (κ1) is 17.4. The van der Waals surface area contributed by atoms with E-state index in [0.29, 0.717) is 0 Å². The first-order valence-electron chi connectivity index (χ1n) is 9.55. The first-order valence-corrected chi connectivity index (χ1v) is 9.55. The van der Waals surface area contributed by atoms with Crippen molar-refractivity contribution >= 4 is 21.5 Å². The number of nitrogens with zero attached hydrogens (tertiary/aromatic N) is 1. The lowest BCUT2D eigenvalue weighted by atomic mass is 9.86. The molecule has 1 atom stereocenters. The summed E-state index contributed by atoms with van der Waals surface area (Å²) >= 11 is 0. The summed E-state index contributed by atoms with van der Waals surface area (Å²) in [7, 11) is 0. The molecule has 1 heterocycles. The van der Waals surface area contributed by atoms with Crippen molar-refractivity contribution in [3.63, 3.8) is 0 Å². The first-order chi connectivity index (χ1) is 14.2. The van der Waals surface area contributed by atoms with Crippen LogP contribution in [-0.4, -0.2) is 15.2 Å². The summed E-state index contributed by atoms with van der Waals surface area (Å²) < 4.78 is 0. The van der Waals surface area contributed by atoms with Crippen molar-refractivity contribution in [2.75, 3.05) is 0 Å². The minimum absolute atomic E-state index is 0.197. The Kier molecular flexibility index (Phi) is 4.23. The van der Waals surface area contributed by atoms with Crippen LogP contribution in [0.4, 0.5) is 0 Å². The molecule has 4 aromatic carbocycles. The van der Waals surface area contributed by atoms with Crippen molar-refractivity contribution in [1.82, 2.24) is 4.98 Å². The van der Waals surface area contributed by atoms with Gasteiger partial charge < -0.3 is 10.2 Å². The second-order valence-electron chi connectivity index (χ2n) is 7.11. The third kappa shape index (κ3) is 2.93. The van der Waals surface area contributed by atoms with Crippen LogP contribution in [0.2, 0.25) is 0 Å². The van der Waals surface area contributed by atoms with Crippen LogP contribution in [0.25, 0.3) is 32.7 Å². The minimum atomic E-state index is -0.837. The molecule has 0 fully saturated rings. The summed E-state index contributed by atoms with van der Waals surface area (Å²) in [4.78, 5) is 4.06. The fourth-order valence-electron chi connectivity index (χ4n) is 4.04. The normalized spacial score (nSPS) is 12.3. The summed E-state index contributed by atoms with van der Waals surface area (Å²) in [6.07, 6.45) is 2.51. The zero-order chi connectivity index (χ0) is 19.8. The number of aliphatic hydroxyl groups is 1. The van der Waals surface area contributed by atoms with E-state index in [2.05, 4.69) is 4.98 Å². The van der Waals surface area contributed by atoms with Crippen molar-refractivity contribution < 1.29 is 10.2 Å². The summed E-state index contributed by atoms with van der Waals surface area (Å²) in [5.41, 5.74) is 3.10. The van der Waals surface area contributed by atoms with Gasteiger partial charge in [0.1, 0.15) is 11.9 Å². The lowest BCUT2D eigenvalue weighted by Gasteiger charge is -2.20. The van der Waals surface area contributed by atoms with Crippen LogP contribution in [-0.2, 0) is 0 Å². The number of benzene rings is 4. The number of hydrogen-bond donors (Lipinski definition) is 2. The number of phenolic OH excluding ortho intramolecular Hbond substituents is 1. The number of aliphatic hydroxyl groups excluding tert-OH is 1. The number of aromatic hydroxyl groups is 1. The van der Waals surface area contributed by atoms with E-state index in [-0.39, 0.29) is 5.75 Å². The highest BCUT2D eigenvalue weighted by Crippen LogP contribution is 2.44. The molecule has 0 saturated heterocycles. The molecule has 140 valence electrons. The second kappa shape index (κ2) is 7.04. The van der Waals surface area contributed by atoms with Crippen LogP contribution in [0, 0.1) is 0 Å². The van der Waals surface area contributed by atoms with E-state index in [1.807, 2.05) is 78.9 Å². The summed E-state index contributed by atoms with van der Waals surface area (Å²) in [6.45, 7) is 0. The van der Waals surface area contributed by atoms with Gasteiger partial charge in [0.2, 0.25) is 0 Å². The number of pyridine rings is 1. The van der Waals surface area contributed by atoms with E-state index in [0.717, 1.165) is 43.8 Å². The molecule has 0 aliphatic carbocycles. The Morgan fingerprint density at radius 3 is 1.90 bits per heavy atom. The Morgan fingerprint density at radius 1 is 0.621 bits per heavy atom. The lowest BCUT2D eigenvalue weighted by molar-refractivity contribution is 0.221. The highest BCUT2D eigenvalue weighted by atomic mass is 16.3. The molecule has 0 aliphatic rings. The van der Waals surface area contributed by atoms with Crippen LogP contribution in [0.5, 0.6) is 5.75 Å². The predicted molar refractivity (Wildman–Crippen MR) is 117 cm³/mol.